The van der Waals surface area contributed by atoms with Gasteiger partial charge in [-0.3, -0.25) is 4.79 Å². The van der Waals surface area contributed by atoms with Crippen molar-refractivity contribution in [3.8, 4) is 5.75 Å². The van der Waals surface area contributed by atoms with Crippen molar-refractivity contribution in [2.75, 3.05) is 6.61 Å². The molecule has 0 amide bonds. The average Bonchev–Trinajstić information content (AvgIpc) is 2.27. The lowest BCUT2D eigenvalue weighted by atomic mass is 9.78. The molecule has 1 unspecified atom stereocenters. The number of hydrogen-bond acceptors (Lipinski definition) is 2. The number of rotatable bonds is 5. The largest absolute Gasteiger partial charge is 0.494 e. The molecule has 0 bridgehead atoms. The van der Waals surface area contributed by atoms with Crippen molar-refractivity contribution in [3.63, 3.8) is 0 Å². The molecule has 0 heterocycles. The van der Waals surface area contributed by atoms with E-state index in [0.29, 0.717) is 18.9 Å². The minimum atomic E-state index is 0.146. The van der Waals surface area contributed by atoms with Crippen LogP contribution in [0, 0.1) is 11.3 Å². The van der Waals surface area contributed by atoms with Gasteiger partial charge in [-0.05, 0) is 52.4 Å². The number of halogens is 1. The van der Waals surface area contributed by atoms with Gasteiger partial charge < -0.3 is 4.74 Å². The number of carbonyl (C=O) groups is 1. The van der Waals surface area contributed by atoms with Crippen LogP contribution in [0.1, 0.15) is 51.4 Å². The van der Waals surface area contributed by atoms with Gasteiger partial charge in [0.1, 0.15) is 5.75 Å². The number of hydrogen-bond donors (Lipinski definition) is 0. The molecule has 3 heteroatoms. The molecule has 1 aromatic rings. The Hall–Kier alpha value is -0.830. The molecule has 0 aliphatic rings. The summed E-state index contributed by atoms with van der Waals surface area (Å²) in [6.45, 7) is 11.2. The van der Waals surface area contributed by atoms with Gasteiger partial charge in [-0.2, -0.15) is 0 Å². The molecule has 1 rings (SSSR count). The number of carbonyl (C=O) groups excluding carboxylic acids is 1. The van der Waals surface area contributed by atoms with Crippen LogP contribution in [0.3, 0.4) is 0 Å². The van der Waals surface area contributed by atoms with Crippen LogP contribution in [0.15, 0.2) is 22.7 Å². The minimum absolute atomic E-state index is 0.146. The highest BCUT2D eigenvalue weighted by atomic mass is 79.9. The topological polar surface area (TPSA) is 26.3 Å². The molecule has 0 aliphatic carbocycles. The first-order chi connectivity index (χ1) is 8.75. The SMILES string of the molecule is CCOc1ccc(C(=O)CC(C)C(C)(C)C)c(Br)c1. The summed E-state index contributed by atoms with van der Waals surface area (Å²) in [5.41, 5.74) is 0.882. The summed E-state index contributed by atoms with van der Waals surface area (Å²) in [5.74, 6) is 1.31. The van der Waals surface area contributed by atoms with Gasteiger partial charge in [0.25, 0.3) is 0 Å². The second kappa shape index (κ2) is 6.56. The van der Waals surface area contributed by atoms with Crippen LogP contribution in [0.5, 0.6) is 5.75 Å². The fourth-order valence-electron chi connectivity index (χ4n) is 1.67. The number of ether oxygens (including phenoxy) is 1. The predicted molar refractivity (Wildman–Crippen MR) is 82.9 cm³/mol. The van der Waals surface area contributed by atoms with Gasteiger partial charge in [-0.25, -0.2) is 0 Å². The highest BCUT2D eigenvalue weighted by molar-refractivity contribution is 9.10. The van der Waals surface area contributed by atoms with E-state index in [1.54, 1.807) is 0 Å². The number of ketones is 1. The van der Waals surface area contributed by atoms with Gasteiger partial charge in [0.2, 0.25) is 0 Å². The van der Waals surface area contributed by atoms with Crippen LogP contribution in [-0.2, 0) is 0 Å². The lowest BCUT2D eigenvalue weighted by Gasteiger charge is -2.26. The molecule has 0 aliphatic heterocycles. The molecule has 1 aromatic carbocycles. The van der Waals surface area contributed by atoms with Crippen molar-refractivity contribution >= 4 is 21.7 Å². The summed E-state index contributed by atoms with van der Waals surface area (Å²) in [6.07, 6.45) is 0.566. The Morgan fingerprint density at radius 2 is 2.00 bits per heavy atom. The monoisotopic (exact) mass is 326 g/mol. The Labute approximate surface area is 124 Å². The zero-order chi connectivity index (χ0) is 14.6. The number of Topliss-reactive ketones (excluding diaryl/α,β-unsaturated/α-hetero) is 1. The van der Waals surface area contributed by atoms with E-state index in [4.69, 9.17) is 4.74 Å². The van der Waals surface area contributed by atoms with Crippen LogP contribution < -0.4 is 4.74 Å². The first-order valence-corrected chi connectivity index (χ1v) is 7.50. The maximum Gasteiger partial charge on any atom is 0.164 e. The lowest BCUT2D eigenvalue weighted by Crippen LogP contribution is -2.20. The normalized spacial score (nSPS) is 13.2. The molecule has 0 saturated carbocycles. The summed E-state index contributed by atoms with van der Waals surface area (Å²) in [6, 6.07) is 5.55. The first-order valence-electron chi connectivity index (χ1n) is 6.71. The molecular weight excluding hydrogens is 304 g/mol. The smallest absolute Gasteiger partial charge is 0.164 e. The average molecular weight is 327 g/mol. The van der Waals surface area contributed by atoms with E-state index < -0.39 is 0 Å². The molecule has 1 atom stereocenters. The van der Waals surface area contributed by atoms with Gasteiger partial charge in [0.05, 0.1) is 6.61 Å². The summed E-state index contributed by atoms with van der Waals surface area (Å²) in [5, 5.41) is 0. The van der Waals surface area contributed by atoms with E-state index in [-0.39, 0.29) is 11.2 Å². The Balaban J connectivity index is 2.83. The predicted octanol–water partition coefficient (Wildman–Crippen LogP) is 5.10. The molecule has 0 saturated heterocycles. The summed E-state index contributed by atoms with van der Waals surface area (Å²) >= 11 is 3.46. The summed E-state index contributed by atoms with van der Waals surface area (Å²) in [4.78, 5) is 12.3. The molecule has 0 spiro atoms. The van der Waals surface area contributed by atoms with E-state index in [0.717, 1.165) is 15.8 Å². The highest BCUT2D eigenvalue weighted by Crippen LogP contribution is 2.31. The Bertz CT molecular complexity index is 447. The third-order valence-corrected chi connectivity index (χ3v) is 4.18. The maximum atomic E-state index is 12.3. The zero-order valence-corrected chi connectivity index (χ0v) is 14.0. The number of benzene rings is 1. The van der Waals surface area contributed by atoms with Gasteiger partial charge >= 0.3 is 0 Å². The summed E-state index contributed by atoms with van der Waals surface area (Å²) in [7, 11) is 0. The van der Waals surface area contributed by atoms with Gasteiger partial charge in [0, 0.05) is 16.5 Å². The molecule has 0 radical (unpaired) electrons. The molecule has 2 nitrogen and oxygen atoms in total. The van der Waals surface area contributed by atoms with Crippen LogP contribution in [-0.4, -0.2) is 12.4 Å². The second-order valence-corrected chi connectivity index (χ2v) is 6.82. The van der Waals surface area contributed by atoms with Crippen LogP contribution in [0.4, 0.5) is 0 Å². The fourth-order valence-corrected chi connectivity index (χ4v) is 2.25. The zero-order valence-electron chi connectivity index (χ0n) is 12.4. The fraction of sp³-hybridized carbons (Fsp3) is 0.562. The quantitative estimate of drug-likeness (QED) is 0.703. The van der Waals surface area contributed by atoms with Crippen molar-refractivity contribution in [3.05, 3.63) is 28.2 Å². The van der Waals surface area contributed by atoms with Gasteiger partial charge in [0.15, 0.2) is 5.78 Å². The van der Waals surface area contributed by atoms with E-state index in [2.05, 4.69) is 43.6 Å². The molecule has 0 aromatic heterocycles. The third kappa shape index (κ3) is 4.64. The van der Waals surface area contributed by atoms with Gasteiger partial charge in [-0.15, -0.1) is 0 Å². The van der Waals surface area contributed by atoms with E-state index in [9.17, 15) is 4.79 Å². The van der Waals surface area contributed by atoms with Crippen molar-refractivity contribution in [2.24, 2.45) is 11.3 Å². The van der Waals surface area contributed by atoms with Crippen LogP contribution in [0.25, 0.3) is 0 Å². The highest BCUT2D eigenvalue weighted by Gasteiger charge is 2.23. The second-order valence-electron chi connectivity index (χ2n) is 5.97. The molecule has 106 valence electrons. The molecule has 19 heavy (non-hydrogen) atoms. The van der Waals surface area contributed by atoms with Gasteiger partial charge in [-0.1, -0.05) is 27.7 Å². The lowest BCUT2D eigenvalue weighted by molar-refractivity contribution is 0.0926. The Morgan fingerprint density at radius 3 is 2.47 bits per heavy atom. The van der Waals surface area contributed by atoms with Crippen LogP contribution in [0.2, 0.25) is 0 Å². The third-order valence-electron chi connectivity index (χ3n) is 3.52. The maximum absolute atomic E-state index is 12.3. The Morgan fingerprint density at radius 1 is 1.37 bits per heavy atom. The van der Waals surface area contributed by atoms with Crippen molar-refractivity contribution in [2.45, 2.75) is 41.0 Å². The standard InChI is InChI=1S/C16H23BrO2/c1-6-19-12-7-8-13(14(17)10-12)15(18)9-11(2)16(3,4)5/h7-8,10-11H,6,9H2,1-5H3. The molecule has 0 fully saturated rings. The molecule has 0 N–H and O–H groups in total. The van der Waals surface area contributed by atoms with E-state index in [1.165, 1.54) is 0 Å². The van der Waals surface area contributed by atoms with Crippen molar-refractivity contribution in [1.82, 2.24) is 0 Å². The molecular formula is C16H23BrO2. The van der Waals surface area contributed by atoms with Crippen LogP contribution >= 0.6 is 15.9 Å². The van der Waals surface area contributed by atoms with Crippen molar-refractivity contribution in [1.29, 1.82) is 0 Å². The van der Waals surface area contributed by atoms with E-state index >= 15 is 0 Å². The first kappa shape index (κ1) is 16.2. The Kier molecular flexibility index (Phi) is 5.60. The minimum Gasteiger partial charge on any atom is -0.494 e. The van der Waals surface area contributed by atoms with E-state index in [1.807, 2.05) is 25.1 Å². The van der Waals surface area contributed by atoms with Crippen molar-refractivity contribution < 1.29 is 9.53 Å². The summed E-state index contributed by atoms with van der Waals surface area (Å²) < 4.78 is 6.23.